The van der Waals surface area contributed by atoms with Crippen LogP contribution in [-0.2, 0) is 4.74 Å². The van der Waals surface area contributed by atoms with Gasteiger partial charge in [0.2, 0.25) is 5.79 Å². The highest BCUT2D eigenvalue weighted by Gasteiger charge is 2.52. The summed E-state index contributed by atoms with van der Waals surface area (Å²) in [5, 5.41) is 54.6. The van der Waals surface area contributed by atoms with E-state index >= 15 is 0 Å². The van der Waals surface area contributed by atoms with Crippen molar-refractivity contribution in [2.24, 2.45) is 0 Å². The molecule has 7 heteroatoms. The van der Waals surface area contributed by atoms with E-state index in [1.807, 2.05) is 0 Å². The van der Waals surface area contributed by atoms with Crippen molar-refractivity contribution in [2.75, 3.05) is 13.2 Å². The Morgan fingerprint density at radius 3 is 2.07 bits per heavy atom. The molecule has 0 aromatic heterocycles. The second-order valence-electron chi connectivity index (χ2n) is 3.27. The molecule has 0 aromatic carbocycles. The average molecular weight is 210 g/mol. The fraction of sp³-hybridized carbons (Fsp3) is 1.00. The summed E-state index contributed by atoms with van der Waals surface area (Å²) in [6.07, 6.45) is -6.27. The molecule has 0 aliphatic carbocycles. The van der Waals surface area contributed by atoms with Gasteiger partial charge in [-0.2, -0.15) is 0 Å². The van der Waals surface area contributed by atoms with Gasteiger partial charge in [-0.05, 0) is 0 Å². The van der Waals surface area contributed by atoms with Gasteiger partial charge in [0.1, 0.15) is 24.4 Å². The van der Waals surface area contributed by atoms with Crippen molar-refractivity contribution >= 4 is 0 Å². The molecule has 5 atom stereocenters. The summed E-state index contributed by atoms with van der Waals surface area (Å²) in [4.78, 5) is 0. The van der Waals surface area contributed by atoms with Gasteiger partial charge in [0.15, 0.2) is 0 Å². The van der Waals surface area contributed by atoms with Crippen LogP contribution in [0.15, 0.2) is 0 Å². The van der Waals surface area contributed by atoms with E-state index in [0.717, 1.165) is 0 Å². The average Bonchev–Trinajstić information content (AvgIpc) is 2.20. The summed E-state index contributed by atoms with van der Waals surface area (Å²) >= 11 is 0. The summed E-state index contributed by atoms with van der Waals surface area (Å²) in [6, 6.07) is 0. The Morgan fingerprint density at radius 2 is 1.64 bits per heavy atom. The highest BCUT2D eigenvalue weighted by molar-refractivity contribution is 4.95. The van der Waals surface area contributed by atoms with Crippen LogP contribution in [0.2, 0.25) is 0 Å². The summed E-state index contributed by atoms with van der Waals surface area (Å²) in [6.45, 7) is -1.60. The van der Waals surface area contributed by atoms with Crippen molar-refractivity contribution in [1.29, 1.82) is 0 Å². The minimum absolute atomic E-state index is 0.646. The SMILES string of the molecule is OC[C@H]1O[C@@](O)(CO)[C@H](O)[C@@H](O)[C@H]1O. The molecule has 1 fully saturated rings. The third-order valence-electron chi connectivity index (χ3n) is 2.28. The zero-order valence-corrected chi connectivity index (χ0v) is 7.32. The van der Waals surface area contributed by atoms with E-state index in [-0.39, 0.29) is 0 Å². The molecule has 84 valence electrons. The van der Waals surface area contributed by atoms with Crippen LogP contribution in [0.1, 0.15) is 0 Å². The largest absolute Gasteiger partial charge is 0.394 e. The number of rotatable bonds is 2. The molecule has 6 N–H and O–H groups in total. The zero-order valence-electron chi connectivity index (χ0n) is 7.32. The lowest BCUT2D eigenvalue weighted by molar-refractivity contribution is -0.357. The van der Waals surface area contributed by atoms with Gasteiger partial charge < -0.3 is 35.4 Å². The second-order valence-corrected chi connectivity index (χ2v) is 3.27. The molecular formula is C7H14O7. The van der Waals surface area contributed by atoms with Crippen LogP contribution >= 0.6 is 0 Å². The highest BCUT2D eigenvalue weighted by Crippen LogP contribution is 2.27. The van der Waals surface area contributed by atoms with E-state index < -0.39 is 43.4 Å². The van der Waals surface area contributed by atoms with Crippen LogP contribution < -0.4 is 0 Å². The molecule has 1 heterocycles. The Labute approximate surface area is 79.8 Å². The Morgan fingerprint density at radius 1 is 1.07 bits per heavy atom. The van der Waals surface area contributed by atoms with Crippen LogP contribution in [0, 0.1) is 0 Å². The van der Waals surface area contributed by atoms with Crippen molar-refractivity contribution in [3.05, 3.63) is 0 Å². The fourth-order valence-electron chi connectivity index (χ4n) is 1.35. The molecule has 0 bridgehead atoms. The Kier molecular flexibility index (Phi) is 3.43. The topological polar surface area (TPSA) is 131 Å². The van der Waals surface area contributed by atoms with Gasteiger partial charge in [-0.15, -0.1) is 0 Å². The number of hydrogen-bond donors (Lipinski definition) is 6. The van der Waals surface area contributed by atoms with Gasteiger partial charge in [0, 0.05) is 0 Å². The minimum atomic E-state index is -2.36. The lowest BCUT2D eigenvalue weighted by Gasteiger charge is -2.44. The molecule has 0 unspecified atom stereocenters. The van der Waals surface area contributed by atoms with Crippen LogP contribution in [-0.4, -0.2) is 74.1 Å². The lowest BCUT2D eigenvalue weighted by atomic mass is 9.93. The molecule has 0 spiro atoms. The van der Waals surface area contributed by atoms with Crippen molar-refractivity contribution in [1.82, 2.24) is 0 Å². The molecule has 1 rings (SSSR count). The van der Waals surface area contributed by atoms with E-state index in [0.29, 0.717) is 0 Å². The molecule has 0 aromatic rings. The van der Waals surface area contributed by atoms with Crippen LogP contribution in [0.25, 0.3) is 0 Å². The van der Waals surface area contributed by atoms with E-state index in [1.165, 1.54) is 0 Å². The molecule has 14 heavy (non-hydrogen) atoms. The van der Waals surface area contributed by atoms with Gasteiger partial charge in [0.05, 0.1) is 13.2 Å². The Hall–Kier alpha value is -0.280. The van der Waals surface area contributed by atoms with Gasteiger partial charge in [-0.3, -0.25) is 0 Å². The van der Waals surface area contributed by atoms with Crippen LogP contribution in [0.3, 0.4) is 0 Å². The number of ether oxygens (including phenoxy) is 1. The van der Waals surface area contributed by atoms with E-state index in [2.05, 4.69) is 4.74 Å². The molecule has 1 aliphatic rings. The van der Waals surface area contributed by atoms with E-state index in [1.54, 1.807) is 0 Å². The molecule has 7 nitrogen and oxygen atoms in total. The molecule has 0 radical (unpaired) electrons. The maximum Gasteiger partial charge on any atom is 0.219 e. The van der Waals surface area contributed by atoms with E-state index in [4.69, 9.17) is 10.2 Å². The third kappa shape index (κ3) is 1.75. The first-order chi connectivity index (χ1) is 6.46. The first-order valence-corrected chi connectivity index (χ1v) is 4.12. The predicted octanol–water partition coefficient (Wildman–Crippen LogP) is -3.86. The van der Waals surface area contributed by atoms with Crippen LogP contribution in [0.4, 0.5) is 0 Å². The smallest absolute Gasteiger partial charge is 0.219 e. The summed E-state index contributed by atoms with van der Waals surface area (Å²) in [5.41, 5.74) is 0. The Bertz CT molecular complexity index is 196. The minimum Gasteiger partial charge on any atom is -0.394 e. The second kappa shape index (κ2) is 4.07. The first-order valence-electron chi connectivity index (χ1n) is 4.12. The van der Waals surface area contributed by atoms with Crippen molar-refractivity contribution < 1.29 is 35.4 Å². The molecule has 0 saturated carbocycles. The predicted molar refractivity (Wildman–Crippen MR) is 42.0 cm³/mol. The maximum atomic E-state index is 9.43. The molecule has 1 aliphatic heterocycles. The summed E-state index contributed by atoms with van der Waals surface area (Å²) in [7, 11) is 0. The van der Waals surface area contributed by atoms with Crippen molar-refractivity contribution in [3.8, 4) is 0 Å². The highest BCUT2D eigenvalue weighted by atomic mass is 16.7. The molecular weight excluding hydrogens is 196 g/mol. The van der Waals surface area contributed by atoms with Crippen molar-refractivity contribution in [3.63, 3.8) is 0 Å². The normalized spacial score (nSPS) is 49.3. The number of hydrogen-bond acceptors (Lipinski definition) is 7. The van der Waals surface area contributed by atoms with Gasteiger partial charge in [-0.1, -0.05) is 0 Å². The summed E-state index contributed by atoms with van der Waals surface area (Å²) < 4.78 is 4.66. The Balaban J connectivity index is 2.84. The van der Waals surface area contributed by atoms with Crippen molar-refractivity contribution in [2.45, 2.75) is 30.2 Å². The van der Waals surface area contributed by atoms with Gasteiger partial charge in [-0.25, -0.2) is 0 Å². The number of aliphatic hydroxyl groups is 6. The zero-order chi connectivity index (χ0) is 10.9. The van der Waals surface area contributed by atoms with Crippen LogP contribution in [0.5, 0.6) is 0 Å². The monoisotopic (exact) mass is 210 g/mol. The third-order valence-corrected chi connectivity index (χ3v) is 2.28. The standard InChI is InChI=1S/C7H14O7/c8-1-3-4(10)5(11)6(12)7(13,2-9)14-3/h3-6,8-13H,1-2H2/t3-,4+,5+,6-,7+/m1/s1. The summed E-state index contributed by atoms with van der Waals surface area (Å²) in [5.74, 6) is -2.36. The number of aliphatic hydroxyl groups excluding tert-OH is 5. The maximum absolute atomic E-state index is 9.43. The molecule has 1 saturated heterocycles. The lowest BCUT2D eigenvalue weighted by Crippen LogP contribution is -2.66. The van der Waals surface area contributed by atoms with Gasteiger partial charge >= 0.3 is 0 Å². The quantitative estimate of drug-likeness (QED) is 0.275. The molecule has 0 amide bonds. The van der Waals surface area contributed by atoms with Gasteiger partial charge in [0.25, 0.3) is 0 Å². The fourth-order valence-corrected chi connectivity index (χ4v) is 1.35. The van der Waals surface area contributed by atoms with E-state index in [9.17, 15) is 20.4 Å². The first kappa shape index (κ1) is 11.8.